The molecule has 2 aliphatic rings. The van der Waals surface area contributed by atoms with Crippen molar-refractivity contribution >= 4 is 33.0 Å². The molecule has 2 aromatic rings. The lowest BCUT2D eigenvalue weighted by atomic mass is 9.99. The van der Waals surface area contributed by atoms with Gasteiger partial charge in [0.05, 0.1) is 0 Å². The minimum absolute atomic E-state index is 0.213. The number of hydrogen-bond acceptors (Lipinski definition) is 4. The van der Waals surface area contributed by atoms with Gasteiger partial charge >= 0.3 is 0 Å². The monoisotopic (exact) mass is 390 g/mol. The fraction of sp³-hybridized carbons (Fsp3) is 0.421. The van der Waals surface area contributed by atoms with Crippen LogP contribution < -0.4 is 4.72 Å². The number of nitrogens with one attached hydrogen (secondary N) is 1. The van der Waals surface area contributed by atoms with Crippen LogP contribution in [0.1, 0.15) is 35.8 Å². The van der Waals surface area contributed by atoms with Gasteiger partial charge < -0.3 is 4.90 Å². The van der Waals surface area contributed by atoms with Gasteiger partial charge in [0.15, 0.2) is 0 Å². The lowest BCUT2D eigenvalue weighted by molar-refractivity contribution is -0.133. The third kappa shape index (κ3) is 3.50. The van der Waals surface area contributed by atoms with E-state index in [0.717, 1.165) is 42.7 Å². The van der Waals surface area contributed by atoms with Crippen LogP contribution in [0.5, 0.6) is 0 Å². The van der Waals surface area contributed by atoms with Crippen LogP contribution in [0.25, 0.3) is 0 Å². The van der Waals surface area contributed by atoms with Gasteiger partial charge in [-0.05, 0) is 61.1 Å². The van der Waals surface area contributed by atoms with E-state index in [2.05, 4.69) is 4.72 Å². The zero-order valence-corrected chi connectivity index (χ0v) is 16.3. The second kappa shape index (κ2) is 6.70. The Balaban J connectivity index is 1.53. The normalized spacial score (nSPS) is 17.0. The molecule has 1 fully saturated rings. The van der Waals surface area contributed by atoms with E-state index in [9.17, 15) is 13.2 Å². The van der Waals surface area contributed by atoms with Crippen molar-refractivity contribution in [2.24, 2.45) is 5.92 Å². The molecule has 5 nitrogen and oxygen atoms in total. The molecule has 4 rings (SSSR count). The third-order valence-corrected chi connectivity index (χ3v) is 8.06. The Kier molecular flexibility index (Phi) is 4.52. The molecule has 0 unspecified atom stereocenters. The van der Waals surface area contributed by atoms with E-state index in [1.165, 1.54) is 16.9 Å². The van der Waals surface area contributed by atoms with E-state index >= 15 is 0 Å². The minimum Gasteiger partial charge on any atom is -0.338 e. The van der Waals surface area contributed by atoms with Crippen molar-refractivity contribution in [2.75, 3.05) is 11.3 Å². The summed E-state index contributed by atoms with van der Waals surface area (Å²) in [5, 5.41) is 0. The number of thiophene rings is 1. The molecule has 1 amide bonds. The number of aryl methyl sites for hydroxylation is 1. The van der Waals surface area contributed by atoms with Gasteiger partial charge in [-0.15, -0.1) is 11.3 Å². The number of rotatable bonds is 5. The summed E-state index contributed by atoms with van der Waals surface area (Å²) in [7, 11) is -3.57. The standard InChI is InChI=1S/C19H22N2O3S2/c1-2-17-7-8-18(25-17)26(23,24)20-16-6-5-13-9-10-21(12-15(13)11-16)19(22)14-3-4-14/h5-8,11,14,20H,2-4,9-10,12H2,1H3. The van der Waals surface area contributed by atoms with Gasteiger partial charge in [-0.3, -0.25) is 9.52 Å². The molecule has 1 aliphatic heterocycles. The molecule has 0 spiro atoms. The molecule has 7 heteroatoms. The molecular weight excluding hydrogens is 368 g/mol. The Hall–Kier alpha value is -1.86. The van der Waals surface area contributed by atoms with Gasteiger partial charge in [0.2, 0.25) is 5.91 Å². The van der Waals surface area contributed by atoms with Crippen molar-refractivity contribution in [3.63, 3.8) is 0 Å². The van der Waals surface area contributed by atoms with Crippen LogP contribution in [-0.2, 0) is 34.2 Å². The highest BCUT2D eigenvalue weighted by Crippen LogP contribution is 2.33. The van der Waals surface area contributed by atoms with E-state index in [-0.39, 0.29) is 11.8 Å². The fourth-order valence-corrected chi connectivity index (χ4v) is 5.64. The number of benzene rings is 1. The molecule has 1 aromatic heterocycles. The first-order valence-electron chi connectivity index (χ1n) is 8.98. The Morgan fingerprint density at radius 2 is 2.04 bits per heavy atom. The molecule has 138 valence electrons. The first-order valence-corrected chi connectivity index (χ1v) is 11.3. The van der Waals surface area contributed by atoms with Crippen molar-refractivity contribution in [1.29, 1.82) is 0 Å². The van der Waals surface area contributed by atoms with Crippen molar-refractivity contribution in [2.45, 2.75) is 43.4 Å². The SMILES string of the molecule is CCc1ccc(S(=O)(=O)Nc2ccc3c(c2)CN(C(=O)C2CC2)CC3)s1. The van der Waals surface area contributed by atoms with Crippen LogP contribution in [-0.4, -0.2) is 25.8 Å². The summed E-state index contributed by atoms with van der Waals surface area (Å²) in [6.45, 7) is 3.33. The number of amides is 1. The fourth-order valence-electron chi connectivity index (χ4n) is 3.30. The van der Waals surface area contributed by atoms with Gasteiger partial charge in [0.1, 0.15) is 4.21 Å². The first kappa shape index (κ1) is 17.5. The van der Waals surface area contributed by atoms with Crippen molar-refractivity contribution < 1.29 is 13.2 Å². The van der Waals surface area contributed by atoms with E-state index in [0.29, 0.717) is 16.4 Å². The Morgan fingerprint density at radius 1 is 1.23 bits per heavy atom. The highest BCUT2D eigenvalue weighted by molar-refractivity contribution is 7.94. The Bertz CT molecular complexity index is 945. The van der Waals surface area contributed by atoms with Crippen molar-refractivity contribution in [1.82, 2.24) is 4.90 Å². The number of fused-ring (bicyclic) bond motifs is 1. The molecule has 0 bridgehead atoms. The van der Waals surface area contributed by atoms with Crippen LogP contribution in [0.2, 0.25) is 0 Å². The maximum Gasteiger partial charge on any atom is 0.271 e. The zero-order chi connectivity index (χ0) is 18.3. The van der Waals surface area contributed by atoms with Crippen molar-refractivity contribution in [3.05, 3.63) is 46.3 Å². The number of nitrogens with zero attached hydrogens (tertiary/aromatic N) is 1. The van der Waals surface area contributed by atoms with Crippen molar-refractivity contribution in [3.8, 4) is 0 Å². The molecule has 0 atom stereocenters. The molecule has 1 N–H and O–H groups in total. The smallest absolute Gasteiger partial charge is 0.271 e. The predicted octanol–water partition coefficient (Wildman–Crippen LogP) is 3.41. The maximum atomic E-state index is 12.6. The zero-order valence-electron chi connectivity index (χ0n) is 14.7. The summed E-state index contributed by atoms with van der Waals surface area (Å²) < 4.78 is 28.2. The van der Waals surface area contributed by atoms with Gasteiger partial charge in [0.25, 0.3) is 10.0 Å². The van der Waals surface area contributed by atoms with E-state index < -0.39 is 10.0 Å². The summed E-state index contributed by atoms with van der Waals surface area (Å²) in [5.74, 6) is 0.456. The second-order valence-corrected chi connectivity index (χ2v) is 10.0. The molecule has 0 radical (unpaired) electrons. The molecule has 1 aliphatic carbocycles. The molecule has 1 saturated carbocycles. The van der Waals surface area contributed by atoms with Gasteiger partial charge in [-0.1, -0.05) is 13.0 Å². The number of anilines is 1. The highest BCUT2D eigenvalue weighted by Gasteiger charge is 2.34. The van der Waals surface area contributed by atoms with Crippen LogP contribution in [0.3, 0.4) is 0 Å². The van der Waals surface area contributed by atoms with Gasteiger partial charge in [0, 0.05) is 29.6 Å². The molecular formula is C19H22N2O3S2. The van der Waals surface area contributed by atoms with E-state index in [4.69, 9.17) is 0 Å². The highest BCUT2D eigenvalue weighted by atomic mass is 32.2. The third-order valence-electron chi connectivity index (χ3n) is 4.96. The van der Waals surface area contributed by atoms with E-state index in [1.807, 2.05) is 36.1 Å². The predicted molar refractivity (Wildman–Crippen MR) is 103 cm³/mol. The lowest BCUT2D eigenvalue weighted by Gasteiger charge is -2.29. The molecule has 26 heavy (non-hydrogen) atoms. The molecule has 1 aromatic carbocycles. The summed E-state index contributed by atoms with van der Waals surface area (Å²) in [6.07, 6.45) is 3.65. The number of hydrogen-bond donors (Lipinski definition) is 1. The van der Waals surface area contributed by atoms with Crippen LogP contribution in [0.4, 0.5) is 5.69 Å². The summed E-state index contributed by atoms with van der Waals surface area (Å²) >= 11 is 1.30. The topological polar surface area (TPSA) is 66.5 Å². The summed E-state index contributed by atoms with van der Waals surface area (Å²) in [5.41, 5.74) is 2.78. The first-order chi connectivity index (χ1) is 12.5. The molecule has 0 saturated heterocycles. The van der Waals surface area contributed by atoms with Crippen LogP contribution in [0.15, 0.2) is 34.5 Å². The van der Waals surface area contributed by atoms with Gasteiger partial charge in [-0.2, -0.15) is 0 Å². The van der Waals surface area contributed by atoms with Crippen LogP contribution in [0, 0.1) is 5.92 Å². The largest absolute Gasteiger partial charge is 0.338 e. The van der Waals surface area contributed by atoms with E-state index in [1.54, 1.807) is 6.07 Å². The van der Waals surface area contributed by atoms with Gasteiger partial charge in [-0.25, -0.2) is 8.42 Å². The average Bonchev–Trinajstić information content (AvgIpc) is 3.36. The Labute approximate surface area is 158 Å². The lowest BCUT2D eigenvalue weighted by Crippen LogP contribution is -2.36. The van der Waals surface area contributed by atoms with Crippen LogP contribution >= 0.6 is 11.3 Å². The summed E-state index contributed by atoms with van der Waals surface area (Å²) in [6, 6.07) is 9.16. The Morgan fingerprint density at radius 3 is 2.73 bits per heavy atom. The number of carbonyl (C=O) groups excluding carboxylic acids is 1. The maximum absolute atomic E-state index is 12.6. The number of sulfonamides is 1. The minimum atomic E-state index is -3.57. The summed E-state index contributed by atoms with van der Waals surface area (Å²) in [4.78, 5) is 15.3. The second-order valence-electron chi connectivity index (χ2n) is 6.95. The number of carbonyl (C=O) groups is 1. The average molecular weight is 391 g/mol. The molecule has 2 heterocycles. The quantitative estimate of drug-likeness (QED) is 0.851.